The molecular formula is C15H16ClNO3. The minimum Gasteiger partial charge on any atom is -0.488 e. The van der Waals surface area contributed by atoms with Crippen LogP contribution in [-0.2, 0) is 4.79 Å². The molecule has 1 saturated carbocycles. The van der Waals surface area contributed by atoms with Crippen molar-refractivity contribution in [3.05, 3.63) is 34.4 Å². The second kappa shape index (κ2) is 5.46. The Labute approximate surface area is 122 Å². The monoisotopic (exact) mass is 293 g/mol. The molecule has 0 radical (unpaired) electrons. The van der Waals surface area contributed by atoms with Gasteiger partial charge in [0.25, 0.3) is 5.91 Å². The first-order valence-electron chi connectivity index (χ1n) is 6.71. The summed E-state index contributed by atoms with van der Waals surface area (Å²) in [4.78, 5) is 12.1. The zero-order valence-electron chi connectivity index (χ0n) is 10.9. The predicted molar refractivity (Wildman–Crippen MR) is 76.7 cm³/mol. The van der Waals surface area contributed by atoms with Crippen molar-refractivity contribution in [2.24, 2.45) is 5.92 Å². The number of carbonyl (C=O) groups excluding carboxylic acids is 1. The third-order valence-corrected chi connectivity index (χ3v) is 3.97. The lowest BCUT2D eigenvalue weighted by molar-refractivity contribution is -0.118. The molecule has 1 aromatic rings. The molecule has 1 aromatic carbocycles. The molecule has 0 unspecified atom stereocenters. The lowest BCUT2D eigenvalue weighted by Crippen LogP contribution is -2.39. The van der Waals surface area contributed by atoms with Gasteiger partial charge in [0.2, 0.25) is 0 Å². The zero-order chi connectivity index (χ0) is 14.1. The lowest BCUT2D eigenvalue weighted by atomic mass is 9.82. The molecular weight excluding hydrogens is 278 g/mol. The number of aliphatic hydroxyl groups excluding tert-OH is 1. The van der Waals surface area contributed by atoms with E-state index >= 15 is 0 Å². The molecule has 1 aliphatic heterocycles. The Hall–Kier alpha value is -1.52. The van der Waals surface area contributed by atoms with Crippen LogP contribution in [0.2, 0.25) is 5.02 Å². The van der Waals surface area contributed by atoms with Gasteiger partial charge in [0.1, 0.15) is 12.4 Å². The molecule has 3 rings (SSSR count). The minimum atomic E-state index is -0.192. The van der Waals surface area contributed by atoms with E-state index in [2.05, 4.69) is 5.32 Å². The average molecular weight is 294 g/mol. The summed E-state index contributed by atoms with van der Waals surface area (Å²) in [5, 5.41) is 12.7. The number of rotatable bonds is 3. The highest BCUT2D eigenvalue weighted by molar-refractivity contribution is 6.30. The number of hydrogen-bond acceptors (Lipinski definition) is 3. The van der Waals surface area contributed by atoms with E-state index in [9.17, 15) is 9.90 Å². The van der Waals surface area contributed by atoms with Gasteiger partial charge in [-0.25, -0.2) is 0 Å². The largest absolute Gasteiger partial charge is 0.488 e. The van der Waals surface area contributed by atoms with E-state index in [0.717, 1.165) is 24.2 Å². The van der Waals surface area contributed by atoms with Gasteiger partial charge in [-0.2, -0.15) is 0 Å². The summed E-state index contributed by atoms with van der Waals surface area (Å²) in [5.41, 5.74) is 1.42. The standard InChI is InChI=1S/C15H16ClNO3/c16-12-1-2-14-10(6-12)5-11(8-20-14)15(19)17-7-9-3-13(18)4-9/h1-2,5-6,9,13,18H,3-4,7-8H2,(H,17,19). The molecule has 0 spiro atoms. The Morgan fingerprint density at radius 2 is 2.25 bits per heavy atom. The van der Waals surface area contributed by atoms with Crippen LogP contribution in [0.15, 0.2) is 23.8 Å². The normalized spacial score (nSPS) is 24.0. The third kappa shape index (κ3) is 2.81. The summed E-state index contributed by atoms with van der Waals surface area (Å²) in [5.74, 6) is 1.02. The van der Waals surface area contributed by atoms with Gasteiger partial charge in [0, 0.05) is 17.1 Å². The topological polar surface area (TPSA) is 58.6 Å². The average Bonchev–Trinajstić information content (AvgIpc) is 2.41. The molecule has 1 amide bonds. The zero-order valence-corrected chi connectivity index (χ0v) is 11.7. The van der Waals surface area contributed by atoms with Crippen molar-refractivity contribution < 1.29 is 14.6 Å². The number of fused-ring (bicyclic) bond motifs is 1. The highest BCUT2D eigenvalue weighted by Crippen LogP contribution is 2.29. The van der Waals surface area contributed by atoms with Gasteiger partial charge in [-0.05, 0) is 43.0 Å². The van der Waals surface area contributed by atoms with Crippen molar-refractivity contribution in [3.8, 4) is 5.75 Å². The van der Waals surface area contributed by atoms with Crippen molar-refractivity contribution in [1.82, 2.24) is 5.32 Å². The number of nitrogens with one attached hydrogen (secondary N) is 1. The predicted octanol–water partition coefficient (Wildman–Crippen LogP) is 2.00. The van der Waals surface area contributed by atoms with Crippen molar-refractivity contribution in [2.45, 2.75) is 18.9 Å². The van der Waals surface area contributed by atoms with Gasteiger partial charge in [0.05, 0.1) is 11.7 Å². The minimum absolute atomic E-state index is 0.114. The maximum absolute atomic E-state index is 12.1. The molecule has 0 saturated heterocycles. The second-order valence-electron chi connectivity index (χ2n) is 5.34. The SMILES string of the molecule is O=C(NCC1CC(O)C1)C1=Cc2cc(Cl)ccc2OC1. The van der Waals surface area contributed by atoms with Gasteiger partial charge in [0.15, 0.2) is 0 Å². The summed E-state index contributed by atoms with van der Waals surface area (Å²) in [7, 11) is 0. The van der Waals surface area contributed by atoms with E-state index in [0.29, 0.717) is 23.1 Å². The van der Waals surface area contributed by atoms with Crippen molar-refractivity contribution in [3.63, 3.8) is 0 Å². The van der Waals surface area contributed by atoms with Crippen LogP contribution >= 0.6 is 11.6 Å². The maximum Gasteiger partial charge on any atom is 0.250 e. The quantitative estimate of drug-likeness (QED) is 0.896. The summed E-state index contributed by atoms with van der Waals surface area (Å²) < 4.78 is 5.55. The van der Waals surface area contributed by atoms with Crippen LogP contribution in [-0.4, -0.2) is 30.3 Å². The molecule has 0 aromatic heterocycles. The van der Waals surface area contributed by atoms with Gasteiger partial charge in [-0.1, -0.05) is 11.6 Å². The molecule has 5 heteroatoms. The Morgan fingerprint density at radius 1 is 1.45 bits per heavy atom. The molecule has 106 valence electrons. The number of amides is 1. The smallest absolute Gasteiger partial charge is 0.250 e. The van der Waals surface area contributed by atoms with E-state index < -0.39 is 0 Å². The van der Waals surface area contributed by atoms with Crippen LogP contribution in [0, 0.1) is 5.92 Å². The van der Waals surface area contributed by atoms with E-state index in [-0.39, 0.29) is 18.6 Å². The Bertz CT molecular complexity index is 564. The Morgan fingerprint density at radius 3 is 3.00 bits per heavy atom. The highest BCUT2D eigenvalue weighted by Gasteiger charge is 2.27. The van der Waals surface area contributed by atoms with Gasteiger partial charge in [-0.15, -0.1) is 0 Å². The molecule has 0 bridgehead atoms. The van der Waals surface area contributed by atoms with Gasteiger partial charge < -0.3 is 15.2 Å². The van der Waals surface area contributed by atoms with E-state index in [1.807, 2.05) is 6.08 Å². The van der Waals surface area contributed by atoms with Crippen LogP contribution in [0.3, 0.4) is 0 Å². The third-order valence-electron chi connectivity index (χ3n) is 3.74. The number of benzene rings is 1. The van der Waals surface area contributed by atoms with E-state index in [1.165, 1.54) is 0 Å². The van der Waals surface area contributed by atoms with Gasteiger partial charge >= 0.3 is 0 Å². The fourth-order valence-electron chi connectivity index (χ4n) is 2.50. The molecule has 0 atom stereocenters. The van der Waals surface area contributed by atoms with Crippen LogP contribution in [0.4, 0.5) is 0 Å². The maximum atomic E-state index is 12.1. The molecule has 2 aliphatic rings. The van der Waals surface area contributed by atoms with E-state index in [4.69, 9.17) is 16.3 Å². The first-order chi connectivity index (χ1) is 9.61. The fraction of sp³-hybridized carbons (Fsp3) is 0.400. The van der Waals surface area contributed by atoms with E-state index in [1.54, 1.807) is 18.2 Å². The summed E-state index contributed by atoms with van der Waals surface area (Å²) in [6, 6.07) is 5.35. The molecule has 1 heterocycles. The molecule has 1 aliphatic carbocycles. The number of carbonyl (C=O) groups is 1. The van der Waals surface area contributed by atoms with Crippen molar-refractivity contribution in [1.29, 1.82) is 0 Å². The first kappa shape index (κ1) is 13.5. The highest BCUT2D eigenvalue weighted by atomic mass is 35.5. The summed E-state index contributed by atoms with van der Waals surface area (Å²) in [6.45, 7) is 0.878. The molecule has 4 nitrogen and oxygen atoms in total. The molecule has 20 heavy (non-hydrogen) atoms. The fourth-order valence-corrected chi connectivity index (χ4v) is 2.68. The number of aliphatic hydroxyl groups is 1. The van der Waals surface area contributed by atoms with Gasteiger partial charge in [-0.3, -0.25) is 4.79 Å². The number of hydrogen-bond donors (Lipinski definition) is 2. The molecule has 2 N–H and O–H groups in total. The lowest BCUT2D eigenvalue weighted by Gasteiger charge is -2.31. The van der Waals surface area contributed by atoms with Crippen LogP contribution in [0.1, 0.15) is 18.4 Å². The Kier molecular flexibility index (Phi) is 3.68. The van der Waals surface area contributed by atoms with Crippen LogP contribution in [0.25, 0.3) is 6.08 Å². The first-order valence-corrected chi connectivity index (χ1v) is 7.09. The molecule has 1 fully saturated rings. The second-order valence-corrected chi connectivity index (χ2v) is 5.78. The summed E-state index contributed by atoms with van der Waals surface area (Å²) >= 11 is 5.94. The van der Waals surface area contributed by atoms with Crippen LogP contribution in [0.5, 0.6) is 5.75 Å². The van der Waals surface area contributed by atoms with Crippen molar-refractivity contribution >= 4 is 23.6 Å². The Balaban J connectivity index is 1.63. The summed E-state index contributed by atoms with van der Waals surface area (Å²) in [6.07, 6.45) is 3.17. The number of halogens is 1. The van der Waals surface area contributed by atoms with Crippen molar-refractivity contribution in [2.75, 3.05) is 13.2 Å². The number of ether oxygens (including phenoxy) is 1. The van der Waals surface area contributed by atoms with Crippen LogP contribution < -0.4 is 10.1 Å².